The number of nitrogens with one attached hydrogen (secondary N) is 2. The zero-order chi connectivity index (χ0) is 17.7. The lowest BCUT2D eigenvalue weighted by Crippen LogP contribution is -2.39. The summed E-state index contributed by atoms with van der Waals surface area (Å²) in [4.78, 5) is 9.98. The highest BCUT2D eigenvalue weighted by Gasteiger charge is 2.10. The van der Waals surface area contributed by atoms with E-state index in [4.69, 9.17) is 0 Å². The van der Waals surface area contributed by atoms with E-state index < -0.39 is 0 Å². The van der Waals surface area contributed by atoms with Gasteiger partial charge in [-0.25, -0.2) is 9.37 Å². The number of rotatable bonds is 5. The van der Waals surface area contributed by atoms with Crippen molar-refractivity contribution in [3.8, 4) is 0 Å². The molecule has 0 spiro atoms. The van der Waals surface area contributed by atoms with Crippen molar-refractivity contribution in [1.82, 2.24) is 15.6 Å². The van der Waals surface area contributed by atoms with E-state index >= 15 is 0 Å². The van der Waals surface area contributed by atoms with Crippen LogP contribution < -0.4 is 10.6 Å². The molecule has 0 radical (unpaired) electrons. The number of guanidine groups is 1. The molecule has 1 atom stereocenters. The molecule has 25 heavy (non-hydrogen) atoms. The van der Waals surface area contributed by atoms with Crippen LogP contribution >= 0.6 is 35.3 Å². The minimum atomic E-state index is -0.180. The van der Waals surface area contributed by atoms with E-state index in [1.807, 2.05) is 26.8 Å². The molecule has 1 unspecified atom stereocenters. The lowest BCUT2D eigenvalue weighted by molar-refractivity contribution is 0.607. The Labute approximate surface area is 170 Å². The van der Waals surface area contributed by atoms with Gasteiger partial charge in [0.05, 0.1) is 16.7 Å². The maximum atomic E-state index is 13.7. The largest absolute Gasteiger partial charge is 0.356 e. The van der Waals surface area contributed by atoms with Crippen LogP contribution in [0.25, 0.3) is 0 Å². The quantitative estimate of drug-likeness (QED) is 0.385. The van der Waals surface area contributed by atoms with Gasteiger partial charge in [-0.2, -0.15) is 0 Å². The van der Waals surface area contributed by atoms with Crippen LogP contribution in [0.3, 0.4) is 0 Å². The molecule has 1 aromatic carbocycles. The number of hydrogen-bond donors (Lipinski definition) is 2. The molecule has 0 saturated heterocycles. The van der Waals surface area contributed by atoms with Gasteiger partial charge in [0, 0.05) is 24.9 Å². The average molecular weight is 476 g/mol. The van der Waals surface area contributed by atoms with Gasteiger partial charge in [0.2, 0.25) is 0 Å². The number of aliphatic imine (C=N–C) groups is 1. The van der Waals surface area contributed by atoms with Gasteiger partial charge in [0.1, 0.15) is 5.82 Å². The van der Waals surface area contributed by atoms with Gasteiger partial charge in [-0.15, -0.1) is 35.3 Å². The zero-order valence-electron chi connectivity index (χ0n) is 15.3. The molecule has 1 heterocycles. The molecule has 7 heteroatoms. The predicted octanol–water partition coefficient (Wildman–Crippen LogP) is 4.29. The van der Waals surface area contributed by atoms with Gasteiger partial charge in [-0.3, -0.25) is 4.99 Å². The maximum absolute atomic E-state index is 13.7. The molecule has 0 aliphatic heterocycles. The number of benzene rings is 1. The molecule has 4 nitrogen and oxygen atoms in total. The normalized spacial score (nSPS) is 12.5. The van der Waals surface area contributed by atoms with Crippen LogP contribution in [0.1, 0.15) is 39.7 Å². The summed E-state index contributed by atoms with van der Waals surface area (Å²) in [5.74, 6) is 0.530. The standard InChI is InChI=1S/C18H25FN4S.HI/c1-11-6-7-15(10-16(11)19)12(2)23-18(20-5)21-9-8-17-13(3)22-14(4)24-17;/h6-7,10,12H,8-9H2,1-5H3,(H2,20,21,23);1H. The van der Waals surface area contributed by atoms with Crippen molar-refractivity contribution >= 4 is 41.3 Å². The highest BCUT2D eigenvalue weighted by molar-refractivity contribution is 14.0. The molecule has 138 valence electrons. The first-order chi connectivity index (χ1) is 11.4. The monoisotopic (exact) mass is 476 g/mol. The Morgan fingerprint density at radius 3 is 2.60 bits per heavy atom. The van der Waals surface area contributed by atoms with E-state index in [0.717, 1.165) is 29.2 Å². The predicted molar refractivity (Wildman–Crippen MR) is 115 cm³/mol. The Balaban J connectivity index is 0.00000312. The summed E-state index contributed by atoms with van der Waals surface area (Å²) < 4.78 is 13.7. The number of hydrogen-bond acceptors (Lipinski definition) is 3. The summed E-state index contributed by atoms with van der Waals surface area (Å²) >= 11 is 1.73. The highest BCUT2D eigenvalue weighted by atomic mass is 127. The topological polar surface area (TPSA) is 49.3 Å². The van der Waals surface area contributed by atoms with E-state index in [1.165, 1.54) is 4.88 Å². The Bertz CT molecular complexity index is 730. The Morgan fingerprint density at radius 1 is 1.32 bits per heavy atom. The zero-order valence-corrected chi connectivity index (χ0v) is 18.5. The van der Waals surface area contributed by atoms with Crippen molar-refractivity contribution in [3.05, 3.63) is 50.7 Å². The molecule has 0 aliphatic carbocycles. The molecule has 2 rings (SSSR count). The molecular formula is C18H26FIN4S. The minimum absolute atomic E-state index is 0. The third kappa shape index (κ3) is 6.22. The smallest absolute Gasteiger partial charge is 0.191 e. The first-order valence-corrected chi connectivity index (χ1v) is 8.88. The second kappa shape index (κ2) is 10.1. The van der Waals surface area contributed by atoms with Crippen molar-refractivity contribution in [2.24, 2.45) is 4.99 Å². The average Bonchev–Trinajstić information content (AvgIpc) is 2.86. The molecule has 1 aromatic heterocycles. The SMILES string of the molecule is CN=C(NCCc1sc(C)nc1C)NC(C)c1ccc(C)c(F)c1.I. The molecule has 0 saturated carbocycles. The Hall–Kier alpha value is -1.22. The molecule has 0 amide bonds. The van der Waals surface area contributed by atoms with Gasteiger partial charge in [-0.05, 0) is 44.9 Å². The fourth-order valence-electron chi connectivity index (χ4n) is 2.46. The summed E-state index contributed by atoms with van der Waals surface area (Å²) in [6.45, 7) is 8.60. The summed E-state index contributed by atoms with van der Waals surface area (Å²) in [5.41, 5.74) is 2.66. The van der Waals surface area contributed by atoms with Crippen molar-refractivity contribution < 1.29 is 4.39 Å². The van der Waals surface area contributed by atoms with Crippen molar-refractivity contribution in [2.75, 3.05) is 13.6 Å². The molecule has 2 N–H and O–H groups in total. The van der Waals surface area contributed by atoms with Crippen LogP contribution in [0.2, 0.25) is 0 Å². The molecule has 0 bridgehead atoms. The van der Waals surface area contributed by atoms with Crippen LogP contribution in [-0.4, -0.2) is 24.5 Å². The Morgan fingerprint density at radius 2 is 2.04 bits per heavy atom. The van der Waals surface area contributed by atoms with Crippen molar-refractivity contribution in [2.45, 2.75) is 40.2 Å². The number of thiazole rings is 1. The third-order valence-corrected chi connectivity index (χ3v) is 5.05. The van der Waals surface area contributed by atoms with Crippen LogP contribution in [0.5, 0.6) is 0 Å². The summed E-state index contributed by atoms with van der Waals surface area (Å²) in [6, 6.07) is 5.28. The molecule has 2 aromatic rings. The molecule has 0 aliphatic rings. The van der Waals surface area contributed by atoms with E-state index in [2.05, 4.69) is 20.6 Å². The maximum Gasteiger partial charge on any atom is 0.191 e. The van der Waals surface area contributed by atoms with E-state index in [0.29, 0.717) is 11.5 Å². The van der Waals surface area contributed by atoms with Crippen LogP contribution in [0, 0.1) is 26.6 Å². The summed E-state index contributed by atoms with van der Waals surface area (Å²) in [5, 5.41) is 7.70. The van der Waals surface area contributed by atoms with Gasteiger partial charge in [-0.1, -0.05) is 12.1 Å². The van der Waals surface area contributed by atoms with Crippen molar-refractivity contribution in [3.63, 3.8) is 0 Å². The number of aryl methyl sites for hydroxylation is 3. The Kier molecular flexibility index (Phi) is 8.78. The molecule has 0 fully saturated rings. The second-order valence-corrected chi connectivity index (χ2v) is 7.15. The van der Waals surface area contributed by atoms with Gasteiger partial charge in [0.25, 0.3) is 0 Å². The minimum Gasteiger partial charge on any atom is -0.356 e. The van der Waals surface area contributed by atoms with Crippen molar-refractivity contribution in [1.29, 1.82) is 0 Å². The lowest BCUT2D eigenvalue weighted by Gasteiger charge is -2.18. The fraction of sp³-hybridized carbons (Fsp3) is 0.444. The van der Waals surface area contributed by atoms with Crippen LogP contribution in [0.15, 0.2) is 23.2 Å². The van der Waals surface area contributed by atoms with E-state index in [1.54, 1.807) is 37.4 Å². The third-order valence-electron chi connectivity index (χ3n) is 3.92. The summed E-state index contributed by atoms with van der Waals surface area (Å²) in [6.07, 6.45) is 0.908. The van der Waals surface area contributed by atoms with E-state index in [9.17, 15) is 4.39 Å². The van der Waals surface area contributed by atoms with Crippen LogP contribution in [0.4, 0.5) is 4.39 Å². The fourth-order valence-corrected chi connectivity index (χ4v) is 3.40. The number of nitrogens with zero attached hydrogens (tertiary/aromatic N) is 2. The van der Waals surface area contributed by atoms with E-state index in [-0.39, 0.29) is 35.8 Å². The lowest BCUT2D eigenvalue weighted by atomic mass is 10.1. The van der Waals surface area contributed by atoms with Gasteiger partial charge >= 0.3 is 0 Å². The second-order valence-electron chi connectivity index (χ2n) is 5.87. The van der Waals surface area contributed by atoms with Gasteiger partial charge < -0.3 is 10.6 Å². The molecular weight excluding hydrogens is 450 g/mol. The number of halogens is 2. The highest BCUT2D eigenvalue weighted by Crippen LogP contribution is 2.17. The number of aromatic nitrogens is 1. The van der Waals surface area contributed by atoms with Crippen LogP contribution in [-0.2, 0) is 6.42 Å². The van der Waals surface area contributed by atoms with Gasteiger partial charge in [0.15, 0.2) is 5.96 Å². The first-order valence-electron chi connectivity index (χ1n) is 8.07. The first kappa shape index (κ1) is 21.8. The summed E-state index contributed by atoms with van der Waals surface area (Å²) in [7, 11) is 1.74.